The molecule has 0 aliphatic carbocycles. The van der Waals surface area contributed by atoms with Gasteiger partial charge in [0.25, 0.3) is 0 Å². The fourth-order valence-electron chi connectivity index (χ4n) is 1.71. The minimum absolute atomic E-state index is 1.10. The summed E-state index contributed by atoms with van der Waals surface area (Å²) < 4.78 is 0. The van der Waals surface area contributed by atoms with Crippen molar-refractivity contribution in [2.45, 2.75) is 19.3 Å². The smallest absolute Gasteiger partial charge is 0.0703 e. The fraction of sp³-hybridized carbons (Fsp3) is 0.417. The van der Waals surface area contributed by atoms with Crippen molar-refractivity contribution in [3.05, 3.63) is 42.4 Å². The van der Waals surface area contributed by atoms with E-state index in [0.29, 0.717) is 0 Å². The molecule has 1 heterocycles. The highest BCUT2D eigenvalue weighted by atomic mass is 15.5. The molecule has 1 aromatic carbocycles. The SMILES string of the molecule is [CH](c1ccccc1)N1CCCCCN1. The molecule has 1 radical (unpaired) electrons. The second-order valence-corrected chi connectivity index (χ2v) is 3.70. The number of hydrazine groups is 1. The maximum atomic E-state index is 3.41. The molecule has 1 aliphatic heterocycles. The summed E-state index contributed by atoms with van der Waals surface area (Å²) in [6, 6.07) is 10.5. The van der Waals surface area contributed by atoms with E-state index in [1.807, 2.05) is 6.07 Å². The van der Waals surface area contributed by atoms with E-state index in [4.69, 9.17) is 0 Å². The van der Waals surface area contributed by atoms with E-state index >= 15 is 0 Å². The van der Waals surface area contributed by atoms with Gasteiger partial charge in [0.2, 0.25) is 0 Å². The average Bonchev–Trinajstić information content (AvgIpc) is 2.48. The van der Waals surface area contributed by atoms with Gasteiger partial charge in [-0.05, 0) is 18.4 Å². The molecule has 1 fully saturated rings. The highest BCUT2D eigenvalue weighted by Crippen LogP contribution is 2.08. The van der Waals surface area contributed by atoms with Gasteiger partial charge in [0.05, 0.1) is 6.54 Å². The first-order valence-corrected chi connectivity index (χ1v) is 5.35. The molecule has 1 aliphatic rings. The highest BCUT2D eigenvalue weighted by molar-refractivity contribution is 5.21. The number of nitrogens with zero attached hydrogens (tertiary/aromatic N) is 1. The zero-order chi connectivity index (χ0) is 9.64. The van der Waals surface area contributed by atoms with Crippen molar-refractivity contribution in [1.82, 2.24) is 10.4 Å². The molecule has 0 saturated carbocycles. The van der Waals surface area contributed by atoms with E-state index < -0.39 is 0 Å². The van der Waals surface area contributed by atoms with Gasteiger partial charge in [0, 0.05) is 13.1 Å². The van der Waals surface area contributed by atoms with Crippen LogP contribution in [-0.2, 0) is 0 Å². The Morgan fingerprint density at radius 2 is 1.93 bits per heavy atom. The van der Waals surface area contributed by atoms with Crippen LogP contribution >= 0.6 is 0 Å². The van der Waals surface area contributed by atoms with E-state index in [0.717, 1.165) is 13.1 Å². The largest absolute Gasteiger partial charge is 0.255 e. The van der Waals surface area contributed by atoms with Crippen LogP contribution in [0.4, 0.5) is 0 Å². The molecule has 0 atom stereocenters. The van der Waals surface area contributed by atoms with Gasteiger partial charge in [-0.15, -0.1) is 0 Å². The van der Waals surface area contributed by atoms with Gasteiger partial charge < -0.3 is 0 Å². The normalized spacial score (nSPS) is 19.1. The summed E-state index contributed by atoms with van der Waals surface area (Å²) in [5.41, 5.74) is 4.67. The number of hydrogen-bond donors (Lipinski definition) is 1. The van der Waals surface area contributed by atoms with Crippen LogP contribution < -0.4 is 5.43 Å². The Morgan fingerprint density at radius 3 is 2.79 bits per heavy atom. The lowest BCUT2D eigenvalue weighted by Gasteiger charge is -2.19. The second kappa shape index (κ2) is 5.13. The molecule has 0 aromatic heterocycles. The average molecular weight is 189 g/mol. The third-order valence-electron chi connectivity index (χ3n) is 2.50. The second-order valence-electron chi connectivity index (χ2n) is 3.70. The number of hydrogen-bond acceptors (Lipinski definition) is 2. The molecule has 0 bridgehead atoms. The topological polar surface area (TPSA) is 15.3 Å². The van der Waals surface area contributed by atoms with E-state index in [2.05, 4.69) is 41.2 Å². The van der Waals surface area contributed by atoms with Crippen LogP contribution in [0.2, 0.25) is 0 Å². The molecular formula is C12H17N2. The minimum Gasteiger partial charge on any atom is -0.255 e. The maximum absolute atomic E-state index is 3.41. The van der Waals surface area contributed by atoms with Crippen molar-refractivity contribution < 1.29 is 0 Å². The molecule has 0 amide bonds. The minimum atomic E-state index is 1.10. The Bertz CT molecular complexity index is 250. The highest BCUT2D eigenvalue weighted by Gasteiger charge is 2.08. The molecule has 0 spiro atoms. The maximum Gasteiger partial charge on any atom is 0.0703 e. The molecule has 2 nitrogen and oxygen atoms in total. The number of nitrogens with one attached hydrogen (secondary N) is 1. The van der Waals surface area contributed by atoms with E-state index in [1.165, 1.54) is 24.8 Å². The third kappa shape index (κ3) is 2.82. The Kier molecular flexibility index (Phi) is 3.55. The van der Waals surface area contributed by atoms with Crippen molar-refractivity contribution in [2.24, 2.45) is 0 Å². The van der Waals surface area contributed by atoms with Crippen LogP contribution in [0.3, 0.4) is 0 Å². The summed E-state index contributed by atoms with van der Waals surface area (Å²) in [5, 5.41) is 2.21. The zero-order valence-electron chi connectivity index (χ0n) is 8.45. The van der Waals surface area contributed by atoms with Crippen molar-refractivity contribution in [1.29, 1.82) is 0 Å². The molecule has 1 aromatic rings. The predicted octanol–water partition coefficient (Wildman–Crippen LogP) is 2.19. The van der Waals surface area contributed by atoms with Crippen molar-refractivity contribution in [3.63, 3.8) is 0 Å². The Morgan fingerprint density at radius 1 is 1.07 bits per heavy atom. The standard InChI is InChI=1S/C12H17N2/c1-3-7-12(8-4-1)11-14-10-6-2-5-9-13-14/h1,3-4,7-8,11,13H,2,5-6,9-10H2. The monoisotopic (exact) mass is 189 g/mol. The summed E-state index contributed by atoms with van der Waals surface area (Å²) >= 11 is 0. The Labute approximate surface area is 85.9 Å². The van der Waals surface area contributed by atoms with Gasteiger partial charge in [-0.2, -0.15) is 0 Å². The molecular weight excluding hydrogens is 172 g/mol. The van der Waals surface area contributed by atoms with Crippen LogP contribution in [0.5, 0.6) is 0 Å². The fourth-order valence-corrected chi connectivity index (χ4v) is 1.71. The summed E-state index contributed by atoms with van der Waals surface area (Å²) in [5.74, 6) is 0. The third-order valence-corrected chi connectivity index (χ3v) is 2.50. The predicted molar refractivity (Wildman–Crippen MR) is 58.4 cm³/mol. The molecule has 75 valence electrons. The molecule has 1 N–H and O–H groups in total. The van der Waals surface area contributed by atoms with Crippen molar-refractivity contribution in [3.8, 4) is 0 Å². The lowest BCUT2D eigenvalue weighted by atomic mass is 10.2. The van der Waals surface area contributed by atoms with Gasteiger partial charge in [-0.25, -0.2) is 5.01 Å². The number of rotatable bonds is 2. The van der Waals surface area contributed by atoms with Crippen molar-refractivity contribution in [2.75, 3.05) is 13.1 Å². The Balaban J connectivity index is 1.90. The van der Waals surface area contributed by atoms with Gasteiger partial charge in [-0.3, -0.25) is 5.43 Å². The molecule has 2 rings (SSSR count). The molecule has 0 unspecified atom stereocenters. The van der Waals surface area contributed by atoms with Crippen LogP contribution in [0, 0.1) is 6.54 Å². The Hall–Kier alpha value is -0.860. The van der Waals surface area contributed by atoms with Crippen LogP contribution in [-0.4, -0.2) is 18.1 Å². The van der Waals surface area contributed by atoms with E-state index in [9.17, 15) is 0 Å². The lowest BCUT2D eigenvalue weighted by molar-refractivity contribution is 0.263. The van der Waals surface area contributed by atoms with Gasteiger partial charge in [0.15, 0.2) is 0 Å². The van der Waals surface area contributed by atoms with Gasteiger partial charge in [-0.1, -0.05) is 36.8 Å². The van der Waals surface area contributed by atoms with Crippen LogP contribution in [0.1, 0.15) is 24.8 Å². The summed E-state index contributed by atoms with van der Waals surface area (Å²) in [7, 11) is 0. The molecule has 1 saturated heterocycles. The molecule has 14 heavy (non-hydrogen) atoms. The van der Waals surface area contributed by atoms with Crippen molar-refractivity contribution >= 4 is 0 Å². The number of benzene rings is 1. The van der Waals surface area contributed by atoms with Crippen LogP contribution in [0.15, 0.2) is 30.3 Å². The first-order chi connectivity index (χ1) is 6.95. The summed E-state index contributed by atoms with van der Waals surface area (Å²) in [4.78, 5) is 0. The quantitative estimate of drug-likeness (QED) is 0.767. The van der Waals surface area contributed by atoms with Gasteiger partial charge >= 0.3 is 0 Å². The summed E-state index contributed by atoms with van der Waals surface area (Å²) in [6.07, 6.45) is 3.92. The van der Waals surface area contributed by atoms with Gasteiger partial charge in [0.1, 0.15) is 0 Å². The summed E-state index contributed by atoms with van der Waals surface area (Å²) in [6.45, 7) is 4.41. The zero-order valence-corrected chi connectivity index (χ0v) is 8.45. The first-order valence-electron chi connectivity index (χ1n) is 5.35. The van der Waals surface area contributed by atoms with E-state index in [-0.39, 0.29) is 0 Å². The lowest BCUT2D eigenvalue weighted by Crippen LogP contribution is -2.35. The van der Waals surface area contributed by atoms with Crippen LogP contribution in [0.25, 0.3) is 0 Å². The van der Waals surface area contributed by atoms with E-state index in [1.54, 1.807) is 0 Å². The first kappa shape index (κ1) is 9.69. The molecule has 2 heteroatoms.